The number of carbonyl (C=O) groups is 1. The molecule has 1 amide bonds. The number of nitrogens with one attached hydrogen (secondary N) is 1. The van der Waals surface area contributed by atoms with Gasteiger partial charge in [-0.05, 0) is 24.3 Å². The van der Waals surface area contributed by atoms with E-state index in [9.17, 15) is 4.79 Å². The molecular formula is C16H12Cl2N2O. The second-order valence-corrected chi connectivity index (χ2v) is 5.47. The van der Waals surface area contributed by atoms with Gasteiger partial charge in [-0.2, -0.15) is 0 Å². The van der Waals surface area contributed by atoms with Gasteiger partial charge in [0.05, 0.1) is 22.3 Å². The average molecular weight is 319 g/mol. The van der Waals surface area contributed by atoms with E-state index in [0.717, 1.165) is 11.4 Å². The Bertz CT molecular complexity index is 693. The third kappa shape index (κ3) is 2.89. The highest BCUT2D eigenvalue weighted by Gasteiger charge is 2.23. The topological polar surface area (TPSA) is 32.3 Å². The number of anilines is 2. The van der Waals surface area contributed by atoms with Gasteiger partial charge in [0.25, 0.3) is 5.91 Å². The van der Waals surface area contributed by atoms with Crippen LogP contribution in [0.1, 0.15) is 0 Å². The molecule has 0 aliphatic carbocycles. The van der Waals surface area contributed by atoms with Gasteiger partial charge in [0.2, 0.25) is 0 Å². The van der Waals surface area contributed by atoms with Crippen LogP contribution in [0.5, 0.6) is 0 Å². The Morgan fingerprint density at radius 1 is 0.952 bits per heavy atom. The molecule has 0 saturated heterocycles. The molecule has 1 N–H and O–H groups in total. The fourth-order valence-electron chi connectivity index (χ4n) is 2.20. The molecule has 3 rings (SSSR count). The summed E-state index contributed by atoms with van der Waals surface area (Å²) in [6, 6.07) is 14.8. The number of carbonyl (C=O) groups excluding carboxylic acids is 1. The van der Waals surface area contributed by atoms with Gasteiger partial charge in [0.1, 0.15) is 0 Å². The van der Waals surface area contributed by atoms with Crippen molar-refractivity contribution in [2.75, 3.05) is 16.8 Å². The summed E-state index contributed by atoms with van der Waals surface area (Å²) in [7, 11) is 0. The smallest absolute Gasteiger partial charge is 0.253 e. The first-order valence-corrected chi connectivity index (χ1v) is 7.19. The van der Waals surface area contributed by atoms with Crippen LogP contribution < -0.4 is 10.2 Å². The molecule has 0 atom stereocenters. The summed E-state index contributed by atoms with van der Waals surface area (Å²) in [5, 5.41) is 4.19. The summed E-state index contributed by atoms with van der Waals surface area (Å²) < 4.78 is 0. The van der Waals surface area contributed by atoms with Crippen LogP contribution >= 0.6 is 23.2 Å². The standard InChI is InChI=1S/C16H12Cl2N2O/c17-13-7-4-8-14(18)16(13)19-11-9-15(21)20(10-11)12-5-2-1-3-6-12/h1-9,19H,10H2. The highest BCUT2D eigenvalue weighted by atomic mass is 35.5. The molecule has 0 bridgehead atoms. The molecule has 0 saturated carbocycles. The van der Waals surface area contributed by atoms with Crippen LogP contribution in [0.25, 0.3) is 0 Å². The van der Waals surface area contributed by atoms with E-state index in [1.807, 2.05) is 30.3 Å². The van der Waals surface area contributed by atoms with Crippen LogP contribution in [-0.4, -0.2) is 12.5 Å². The number of benzene rings is 2. The van der Waals surface area contributed by atoms with E-state index < -0.39 is 0 Å². The van der Waals surface area contributed by atoms with Gasteiger partial charge in [-0.15, -0.1) is 0 Å². The van der Waals surface area contributed by atoms with Crippen molar-refractivity contribution in [1.29, 1.82) is 0 Å². The molecule has 1 aliphatic rings. The Labute approximate surface area is 132 Å². The van der Waals surface area contributed by atoms with E-state index in [0.29, 0.717) is 22.3 Å². The molecule has 0 unspecified atom stereocenters. The highest BCUT2D eigenvalue weighted by Crippen LogP contribution is 2.32. The van der Waals surface area contributed by atoms with E-state index in [1.54, 1.807) is 29.2 Å². The largest absolute Gasteiger partial charge is 0.355 e. The van der Waals surface area contributed by atoms with Crippen molar-refractivity contribution in [2.45, 2.75) is 0 Å². The quantitative estimate of drug-likeness (QED) is 0.913. The zero-order valence-electron chi connectivity index (χ0n) is 11.0. The fraction of sp³-hybridized carbons (Fsp3) is 0.0625. The minimum absolute atomic E-state index is 0.0631. The first-order valence-electron chi connectivity index (χ1n) is 6.43. The van der Waals surface area contributed by atoms with Crippen molar-refractivity contribution in [2.24, 2.45) is 0 Å². The lowest BCUT2D eigenvalue weighted by Gasteiger charge is -2.17. The number of para-hydroxylation sites is 2. The van der Waals surface area contributed by atoms with E-state index in [4.69, 9.17) is 23.2 Å². The molecule has 21 heavy (non-hydrogen) atoms. The molecule has 2 aromatic rings. The van der Waals surface area contributed by atoms with Crippen molar-refractivity contribution >= 4 is 40.5 Å². The zero-order chi connectivity index (χ0) is 14.8. The van der Waals surface area contributed by atoms with Crippen LogP contribution in [-0.2, 0) is 4.79 Å². The molecule has 5 heteroatoms. The zero-order valence-corrected chi connectivity index (χ0v) is 12.5. The average Bonchev–Trinajstić information content (AvgIpc) is 2.85. The van der Waals surface area contributed by atoms with Gasteiger partial charge in [-0.3, -0.25) is 4.79 Å². The number of hydrogen-bond donors (Lipinski definition) is 1. The minimum Gasteiger partial charge on any atom is -0.355 e. The molecule has 2 aromatic carbocycles. The number of hydrogen-bond acceptors (Lipinski definition) is 2. The number of rotatable bonds is 3. The maximum Gasteiger partial charge on any atom is 0.253 e. The van der Waals surface area contributed by atoms with Crippen LogP contribution in [0.3, 0.4) is 0 Å². The van der Waals surface area contributed by atoms with Crippen molar-refractivity contribution in [1.82, 2.24) is 0 Å². The van der Waals surface area contributed by atoms with E-state index in [1.165, 1.54) is 0 Å². The third-order valence-electron chi connectivity index (χ3n) is 3.21. The Morgan fingerprint density at radius 3 is 2.29 bits per heavy atom. The summed E-state index contributed by atoms with van der Waals surface area (Å²) in [5.41, 5.74) is 2.24. The monoisotopic (exact) mass is 318 g/mol. The molecule has 106 valence electrons. The van der Waals surface area contributed by atoms with Crippen LogP contribution in [0.4, 0.5) is 11.4 Å². The lowest BCUT2D eigenvalue weighted by molar-refractivity contribution is -0.113. The lowest BCUT2D eigenvalue weighted by Crippen LogP contribution is -2.25. The van der Waals surface area contributed by atoms with E-state index in [2.05, 4.69) is 5.32 Å². The first kappa shape index (κ1) is 14.0. The van der Waals surface area contributed by atoms with Gasteiger partial charge >= 0.3 is 0 Å². The van der Waals surface area contributed by atoms with Crippen LogP contribution in [0, 0.1) is 0 Å². The molecule has 1 heterocycles. The summed E-state index contributed by atoms with van der Waals surface area (Å²) in [6.45, 7) is 0.463. The molecule has 0 radical (unpaired) electrons. The second-order valence-electron chi connectivity index (χ2n) is 4.65. The predicted octanol–water partition coefficient (Wildman–Crippen LogP) is 4.34. The maximum atomic E-state index is 12.1. The van der Waals surface area contributed by atoms with Crippen molar-refractivity contribution in [3.8, 4) is 0 Å². The Hall–Kier alpha value is -1.97. The van der Waals surface area contributed by atoms with Gasteiger partial charge in [0, 0.05) is 17.5 Å². The van der Waals surface area contributed by atoms with Crippen molar-refractivity contribution in [3.05, 3.63) is 70.3 Å². The number of nitrogens with zero attached hydrogens (tertiary/aromatic N) is 1. The summed E-state index contributed by atoms with van der Waals surface area (Å²) in [5.74, 6) is -0.0631. The van der Waals surface area contributed by atoms with Crippen molar-refractivity contribution in [3.63, 3.8) is 0 Å². The normalized spacial score (nSPS) is 14.3. The molecule has 0 aromatic heterocycles. The first-order chi connectivity index (χ1) is 10.1. The van der Waals surface area contributed by atoms with Crippen LogP contribution in [0.15, 0.2) is 60.3 Å². The molecule has 1 aliphatic heterocycles. The summed E-state index contributed by atoms with van der Waals surface area (Å²) in [4.78, 5) is 13.8. The molecule has 0 spiro atoms. The van der Waals surface area contributed by atoms with Gasteiger partial charge in [0.15, 0.2) is 0 Å². The van der Waals surface area contributed by atoms with Gasteiger partial charge < -0.3 is 10.2 Å². The second kappa shape index (κ2) is 5.80. The molecule has 0 fully saturated rings. The predicted molar refractivity (Wildman–Crippen MR) is 87.0 cm³/mol. The molecular weight excluding hydrogens is 307 g/mol. The van der Waals surface area contributed by atoms with E-state index in [-0.39, 0.29) is 5.91 Å². The number of amides is 1. The summed E-state index contributed by atoms with van der Waals surface area (Å²) in [6.07, 6.45) is 1.56. The Morgan fingerprint density at radius 2 is 1.62 bits per heavy atom. The van der Waals surface area contributed by atoms with Crippen molar-refractivity contribution < 1.29 is 4.79 Å². The summed E-state index contributed by atoms with van der Waals surface area (Å²) >= 11 is 12.3. The highest BCUT2D eigenvalue weighted by molar-refractivity contribution is 6.39. The van der Waals surface area contributed by atoms with Gasteiger partial charge in [-0.1, -0.05) is 47.5 Å². The third-order valence-corrected chi connectivity index (χ3v) is 3.84. The maximum absolute atomic E-state index is 12.1. The molecule has 3 nitrogen and oxygen atoms in total. The Balaban J connectivity index is 1.80. The fourth-order valence-corrected chi connectivity index (χ4v) is 2.69. The van der Waals surface area contributed by atoms with Crippen LogP contribution in [0.2, 0.25) is 10.0 Å². The Kier molecular flexibility index (Phi) is 3.86. The minimum atomic E-state index is -0.0631. The van der Waals surface area contributed by atoms with E-state index >= 15 is 0 Å². The lowest BCUT2D eigenvalue weighted by atomic mass is 10.3. The van der Waals surface area contributed by atoms with Gasteiger partial charge in [-0.25, -0.2) is 0 Å². The number of halogens is 2. The SMILES string of the molecule is O=C1C=C(Nc2c(Cl)cccc2Cl)CN1c1ccccc1.